The van der Waals surface area contributed by atoms with E-state index >= 15 is 0 Å². The van der Waals surface area contributed by atoms with E-state index in [0.29, 0.717) is 0 Å². The number of halogens is 4. The molecule has 0 bridgehead atoms. The van der Waals surface area contributed by atoms with Crippen LogP contribution < -0.4 is 0 Å². The molecule has 0 aliphatic carbocycles. The van der Waals surface area contributed by atoms with Crippen molar-refractivity contribution < 1.29 is 5.48 Å². The maximum absolute atomic E-state index is 0. The Hall–Kier alpha value is 1.50. The molecule has 40 valence electrons. The van der Waals surface area contributed by atoms with Crippen LogP contribution in [-0.2, 0) is 0 Å². The van der Waals surface area contributed by atoms with Gasteiger partial charge in [-0.3, -0.25) is 0 Å². The Morgan fingerprint density at radius 3 is 0.600 bits per heavy atom. The fourth-order valence-corrected chi connectivity index (χ4v) is 0. The van der Waals surface area contributed by atoms with Crippen molar-refractivity contribution in [1.82, 2.24) is 0 Å². The molecule has 0 aliphatic rings. The van der Waals surface area contributed by atoms with Crippen molar-refractivity contribution in [2.75, 3.05) is 0 Å². The molecule has 0 saturated heterocycles. The fourth-order valence-electron chi connectivity index (χ4n) is 0. The molecule has 0 aromatic carbocycles. The second kappa shape index (κ2) is 49.5. The Morgan fingerprint density at radius 1 is 0.600 bits per heavy atom. The average Bonchev–Trinajstić information content (AvgIpc) is 0. The van der Waals surface area contributed by atoms with Gasteiger partial charge in [-0.25, -0.2) is 0 Å². The maximum Gasteiger partial charge on any atom is -0.114 e. The van der Waals surface area contributed by atoms with Crippen LogP contribution in [0.15, 0.2) is 0 Å². The van der Waals surface area contributed by atoms with Crippen molar-refractivity contribution >= 4 is 58.8 Å². The summed E-state index contributed by atoms with van der Waals surface area (Å²) < 4.78 is 0. The first-order valence-corrected chi connectivity index (χ1v) is 0. The zero-order chi connectivity index (χ0) is 0. The average molecular weight is 253 g/mol. The zero-order valence-corrected chi connectivity index (χ0v) is 7.19. The van der Waals surface area contributed by atoms with Gasteiger partial charge in [0.25, 0.3) is 0 Å². The Morgan fingerprint density at radius 2 is 0.600 bits per heavy atom. The molecule has 0 aromatic heterocycles. The summed E-state index contributed by atoms with van der Waals surface area (Å²) in [6, 6.07) is 0. The molecule has 0 aromatic rings. The van der Waals surface area contributed by atoms with Gasteiger partial charge in [0.05, 0.1) is 0 Å². The largest absolute Gasteiger partial charge is 0.412 e. The van der Waals surface area contributed by atoms with E-state index in [-0.39, 0.29) is 64.3 Å². The molecule has 5 heavy (non-hydrogen) atoms. The summed E-state index contributed by atoms with van der Waals surface area (Å²) in [4.78, 5) is 0. The Bertz CT molecular complexity index is 7.61. The van der Waals surface area contributed by atoms with Gasteiger partial charge in [0, 0.05) is 0 Å². The van der Waals surface area contributed by atoms with Crippen LogP contribution in [0.3, 0.4) is 0 Å². The van der Waals surface area contributed by atoms with Gasteiger partial charge in [-0.2, -0.15) is 0 Å². The Balaban J connectivity index is 0. The van der Waals surface area contributed by atoms with Gasteiger partial charge >= 0.3 is 0 Å². The van der Waals surface area contributed by atoms with Crippen LogP contribution in [-0.4, -0.2) is 5.48 Å². The lowest BCUT2D eigenvalue weighted by atomic mass is 16.0. The van der Waals surface area contributed by atoms with E-state index in [1.54, 1.807) is 0 Å². The normalized spacial score (nSPS) is 0. The monoisotopic (exact) mass is 250 g/mol. The molecule has 0 atom stereocenters. The van der Waals surface area contributed by atoms with Crippen LogP contribution in [0.25, 0.3) is 0 Å². The summed E-state index contributed by atoms with van der Waals surface area (Å²) in [6.07, 6.45) is 0. The summed E-state index contributed by atoms with van der Waals surface area (Å²) in [5.74, 6) is 0. The van der Waals surface area contributed by atoms with Gasteiger partial charge in [0.2, 0.25) is 0 Å². The van der Waals surface area contributed by atoms with Gasteiger partial charge in [0.1, 0.15) is 0 Å². The minimum atomic E-state index is 0. The second-order valence-electron chi connectivity index (χ2n) is 0. The summed E-state index contributed by atoms with van der Waals surface area (Å²) in [7, 11) is 0. The lowest BCUT2D eigenvalue weighted by Crippen LogP contribution is -0.289. The lowest BCUT2D eigenvalue weighted by Gasteiger charge is -0.412. The summed E-state index contributed by atoms with van der Waals surface area (Å²) in [5, 5.41) is 0. The van der Waals surface area contributed by atoms with Gasteiger partial charge in [0.15, 0.2) is 0 Å². The van der Waals surface area contributed by atoms with Gasteiger partial charge in [-0.15, -0.1) is 58.8 Å². The third-order valence-electron chi connectivity index (χ3n) is 0. The van der Waals surface area contributed by atoms with Crippen LogP contribution in [0.1, 0.15) is 0 Å². The predicted molar refractivity (Wildman–Crippen MR) is 38.8 cm³/mol. The molecule has 0 saturated carbocycles. The second-order valence-corrected chi connectivity index (χ2v) is 0. The van der Waals surface area contributed by atoms with Gasteiger partial charge in [-0.1, -0.05) is 0 Å². The van der Waals surface area contributed by atoms with Crippen LogP contribution in [0.5, 0.6) is 0 Å². The van der Waals surface area contributed by atoms with Gasteiger partial charge in [-0.05, 0) is 0 Å². The molecule has 0 aliphatic heterocycles. The Kier molecular flexibility index (Phi) is 865. The number of hydrogen-bond donors (Lipinski definition) is 0. The van der Waals surface area contributed by atoms with E-state index < -0.39 is 0 Å². The zero-order valence-electron chi connectivity index (χ0n) is 2.13. The molecule has 5 heteroatoms. The van der Waals surface area contributed by atoms with Crippen LogP contribution in [0.4, 0.5) is 0 Å². The summed E-state index contributed by atoms with van der Waals surface area (Å²) >= 11 is 0. The standard InChI is InChI=1S/2BrH.2ClH.H2O/h4*1H;1H2. The van der Waals surface area contributed by atoms with Crippen LogP contribution >= 0.6 is 58.8 Å². The highest BCUT2D eigenvalue weighted by Crippen LogP contribution is 0.847. The Labute approximate surface area is 64.2 Å². The van der Waals surface area contributed by atoms with Crippen molar-refractivity contribution in [3.63, 3.8) is 0 Å². The van der Waals surface area contributed by atoms with Crippen molar-refractivity contribution in [3.05, 3.63) is 0 Å². The van der Waals surface area contributed by atoms with E-state index in [1.165, 1.54) is 0 Å². The first-order valence-electron chi connectivity index (χ1n) is 0. The molecule has 0 heterocycles. The van der Waals surface area contributed by atoms with E-state index in [9.17, 15) is 0 Å². The summed E-state index contributed by atoms with van der Waals surface area (Å²) in [5.41, 5.74) is 0. The highest BCUT2D eigenvalue weighted by molar-refractivity contribution is 8.93. The molecule has 0 spiro atoms. The van der Waals surface area contributed by atoms with Gasteiger partial charge < -0.3 is 5.48 Å². The first kappa shape index (κ1) is 87.4. The number of hydrogen-bond acceptors (Lipinski definition) is 0. The third kappa shape index (κ3) is 29.9. The van der Waals surface area contributed by atoms with Crippen molar-refractivity contribution in [1.29, 1.82) is 0 Å². The number of rotatable bonds is 0. The van der Waals surface area contributed by atoms with Crippen molar-refractivity contribution in [3.8, 4) is 0 Å². The van der Waals surface area contributed by atoms with E-state index in [1.807, 2.05) is 0 Å². The third-order valence-corrected chi connectivity index (χ3v) is 0. The predicted octanol–water partition coefficient (Wildman–Crippen LogP) is 1.17. The molecule has 2 N–H and O–H groups in total. The molecule has 0 rings (SSSR count). The van der Waals surface area contributed by atoms with E-state index in [2.05, 4.69) is 0 Å². The fraction of sp³-hybridized carbons (Fsp3) is 0. The molecule has 1 nitrogen and oxygen atoms in total. The summed E-state index contributed by atoms with van der Waals surface area (Å²) in [6.45, 7) is 0. The quantitative estimate of drug-likeness (QED) is 0.620. The maximum atomic E-state index is 0. The van der Waals surface area contributed by atoms with Crippen LogP contribution in [0.2, 0.25) is 0 Å². The molecular formula is H6Br2Cl2O. The van der Waals surface area contributed by atoms with Crippen LogP contribution in [0, 0.1) is 0 Å². The topological polar surface area (TPSA) is 31.5 Å². The smallest absolute Gasteiger partial charge is 0.114 e. The SMILES string of the molecule is Br.Br.Cl.Cl.O. The minimum Gasteiger partial charge on any atom is -0.412 e. The lowest BCUT2D eigenvalue weighted by molar-refractivity contribution is 0.824. The molecule has 0 unspecified atom stereocenters. The highest BCUT2D eigenvalue weighted by atomic mass is 79.9. The minimum absolute atomic E-state index is 0. The van der Waals surface area contributed by atoms with Crippen molar-refractivity contribution in [2.45, 2.75) is 0 Å². The molecule has 0 radical (unpaired) electrons. The van der Waals surface area contributed by atoms with E-state index in [4.69, 9.17) is 0 Å². The molecule has 0 fully saturated rings. The van der Waals surface area contributed by atoms with Crippen molar-refractivity contribution in [2.24, 2.45) is 0 Å². The molecule has 0 amide bonds. The first-order chi connectivity index (χ1) is 0. The highest BCUT2D eigenvalue weighted by Gasteiger charge is -0.112. The molecular weight excluding hydrogens is 247 g/mol. The van der Waals surface area contributed by atoms with E-state index in [0.717, 1.165) is 0 Å².